The Labute approximate surface area is 182 Å². The molecule has 0 unspecified atom stereocenters. The van der Waals surface area contributed by atoms with Gasteiger partial charge in [0.1, 0.15) is 5.01 Å². The number of carbonyl (C=O) groups is 1. The number of halogens is 1. The second kappa shape index (κ2) is 9.23. The van der Waals surface area contributed by atoms with Crippen molar-refractivity contribution in [2.24, 2.45) is 7.05 Å². The van der Waals surface area contributed by atoms with Gasteiger partial charge in [-0.05, 0) is 25.0 Å². The summed E-state index contributed by atoms with van der Waals surface area (Å²) in [5.41, 5.74) is 0.882. The number of anilines is 1. The summed E-state index contributed by atoms with van der Waals surface area (Å²) in [6.07, 6.45) is 6.13. The molecule has 10 heteroatoms. The molecule has 0 bridgehead atoms. The summed E-state index contributed by atoms with van der Waals surface area (Å²) in [5, 5.41) is 22.6. The molecule has 2 aromatic heterocycles. The van der Waals surface area contributed by atoms with Crippen LogP contribution in [0.1, 0.15) is 43.0 Å². The highest BCUT2D eigenvalue weighted by molar-refractivity contribution is 7.99. The predicted octanol–water partition coefficient (Wildman–Crippen LogP) is 4.77. The van der Waals surface area contributed by atoms with E-state index in [-0.39, 0.29) is 11.7 Å². The Hall–Kier alpha value is -1.97. The number of hydrogen-bond donors (Lipinski definition) is 1. The van der Waals surface area contributed by atoms with Gasteiger partial charge in [-0.3, -0.25) is 10.1 Å². The third-order valence-corrected chi connectivity index (χ3v) is 7.15. The number of rotatable bonds is 6. The van der Waals surface area contributed by atoms with E-state index in [1.54, 1.807) is 0 Å². The molecule has 1 aromatic carbocycles. The van der Waals surface area contributed by atoms with Gasteiger partial charge in [-0.2, -0.15) is 0 Å². The lowest BCUT2D eigenvalue weighted by atomic mass is 9.90. The summed E-state index contributed by atoms with van der Waals surface area (Å²) in [6.45, 7) is 0. The molecule has 2 heterocycles. The standard InChI is InChI=1S/C19H21ClN6OS2/c1-26-16(13-8-5-9-14(20)10-13)22-25-19(26)28-11-15(27)21-18-24-23-17(29-18)12-6-3-2-4-7-12/h5,8-10,12H,2-4,6-7,11H2,1H3,(H,21,24,27). The molecule has 0 atom stereocenters. The molecular weight excluding hydrogens is 428 g/mol. The fourth-order valence-corrected chi connectivity index (χ4v) is 5.23. The zero-order valence-electron chi connectivity index (χ0n) is 16.0. The number of nitrogens with one attached hydrogen (secondary N) is 1. The Bertz CT molecular complexity index is 998. The van der Waals surface area contributed by atoms with Crippen LogP contribution in [0.4, 0.5) is 5.13 Å². The van der Waals surface area contributed by atoms with E-state index in [0.29, 0.717) is 27.1 Å². The number of benzene rings is 1. The number of aromatic nitrogens is 5. The molecule has 1 saturated carbocycles. The van der Waals surface area contributed by atoms with E-state index in [9.17, 15) is 4.79 Å². The zero-order valence-corrected chi connectivity index (χ0v) is 18.4. The topological polar surface area (TPSA) is 85.6 Å². The molecule has 4 rings (SSSR count). The van der Waals surface area contributed by atoms with Crippen LogP contribution in [0.3, 0.4) is 0 Å². The first kappa shape index (κ1) is 20.3. The first-order valence-electron chi connectivity index (χ1n) is 9.51. The lowest BCUT2D eigenvalue weighted by molar-refractivity contribution is -0.113. The van der Waals surface area contributed by atoms with Gasteiger partial charge in [0.25, 0.3) is 0 Å². The maximum Gasteiger partial charge on any atom is 0.236 e. The van der Waals surface area contributed by atoms with Gasteiger partial charge < -0.3 is 4.57 Å². The average molecular weight is 449 g/mol. The fraction of sp³-hybridized carbons (Fsp3) is 0.421. The number of carbonyl (C=O) groups excluding carboxylic acids is 1. The fourth-order valence-electron chi connectivity index (χ4n) is 3.40. The molecular formula is C19H21ClN6OS2. The second-order valence-electron chi connectivity index (χ2n) is 6.99. The Morgan fingerprint density at radius 2 is 2.07 bits per heavy atom. The Morgan fingerprint density at radius 1 is 1.24 bits per heavy atom. The van der Waals surface area contributed by atoms with Crippen LogP contribution in [0.2, 0.25) is 5.02 Å². The molecule has 0 aliphatic heterocycles. The highest BCUT2D eigenvalue weighted by Crippen LogP contribution is 2.35. The number of amides is 1. The normalized spacial score (nSPS) is 14.8. The first-order chi connectivity index (χ1) is 14.1. The molecule has 1 fully saturated rings. The zero-order chi connectivity index (χ0) is 20.2. The average Bonchev–Trinajstić information content (AvgIpc) is 3.34. The quantitative estimate of drug-likeness (QED) is 0.547. The lowest BCUT2D eigenvalue weighted by Gasteiger charge is -2.18. The minimum Gasteiger partial charge on any atom is -0.305 e. The summed E-state index contributed by atoms with van der Waals surface area (Å²) in [7, 11) is 1.87. The van der Waals surface area contributed by atoms with E-state index >= 15 is 0 Å². The van der Waals surface area contributed by atoms with Crippen LogP contribution in [0.5, 0.6) is 0 Å². The lowest BCUT2D eigenvalue weighted by Crippen LogP contribution is -2.14. The molecule has 0 saturated heterocycles. The monoisotopic (exact) mass is 448 g/mol. The van der Waals surface area contributed by atoms with Crippen LogP contribution in [0.15, 0.2) is 29.4 Å². The Morgan fingerprint density at radius 3 is 2.86 bits per heavy atom. The number of hydrogen-bond acceptors (Lipinski definition) is 7. The van der Waals surface area contributed by atoms with Crippen LogP contribution in [-0.2, 0) is 11.8 Å². The van der Waals surface area contributed by atoms with Crippen molar-refractivity contribution in [3.05, 3.63) is 34.3 Å². The molecule has 1 aliphatic carbocycles. The van der Waals surface area contributed by atoms with Crippen molar-refractivity contribution in [3.8, 4) is 11.4 Å². The predicted molar refractivity (Wildman–Crippen MR) is 117 cm³/mol. The van der Waals surface area contributed by atoms with Crippen molar-refractivity contribution in [1.82, 2.24) is 25.0 Å². The largest absolute Gasteiger partial charge is 0.305 e. The molecule has 152 valence electrons. The molecule has 1 amide bonds. The van der Waals surface area contributed by atoms with Crippen LogP contribution in [0, 0.1) is 0 Å². The Balaban J connectivity index is 1.34. The maximum atomic E-state index is 12.3. The van der Waals surface area contributed by atoms with Gasteiger partial charge >= 0.3 is 0 Å². The van der Waals surface area contributed by atoms with E-state index in [1.165, 1.54) is 55.2 Å². The molecule has 1 N–H and O–H groups in total. The van der Waals surface area contributed by atoms with Crippen LogP contribution >= 0.6 is 34.7 Å². The van der Waals surface area contributed by atoms with Gasteiger partial charge in [0.15, 0.2) is 11.0 Å². The van der Waals surface area contributed by atoms with E-state index in [4.69, 9.17) is 11.6 Å². The highest BCUT2D eigenvalue weighted by atomic mass is 35.5. The molecule has 1 aliphatic rings. The third kappa shape index (κ3) is 4.96. The van der Waals surface area contributed by atoms with Gasteiger partial charge in [0.2, 0.25) is 11.0 Å². The van der Waals surface area contributed by atoms with Crippen molar-refractivity contribution in [2.45, 2.75) is 43.2 Å². The van der Waals surface area contributed by atoms with Gasteiger partial charge in [0.05, 0.1) is 5.75 Å². The van der Waals surface area contributed by atoms with Crippen molar-refractivity contribution in [1.29, 1.82) is 0 Å². The summed E-state index contributed by atoms with van der Waals surface area (Å²) in [4.78, 5) is 12.3. The van der Waals surface area contributed by atoms with Gasteiger partial charge in [0, 0.05) is 23.6 Å². The molecule has 7 nitrogen and oxygen atoms in total. The van der Waals surface area contributed by atoms with Gasteiger partial charge in [-0.25, -0.2) is 0 Å². The van der Waals surface area contributed by atoms with E-state index < -0.39 is 0 Å². The maximum absolute atomic E-state index is 12.3. The van der Waals surface area contributed by atoms with Crippen molar-refractivity contribution >= 4 is 45.7 Å². The summed E-state index contributed by atoms with van der Waals surface area (Å²) in [5.74, 6) is 1.29. The summed E-state index contributed by atoms with van der Waals surface area (Å²) >= 11 is 8.88. The van der Waals surface area contributed by atoms with E-state index in [2.05, 4.69) is 25.7 Å². The molecule has 3 aromatic rings. The van der Waals surface area contributed by atoms with E-state index in [0.717, 1.165) is 10.6 Å². The van der Waals surface area contributed by atoms with E-state index in [1.807, 2.05) is 35.9 Å². The van der Waals surface area contributed by atoms with Crippen LogP contribution in [0.25, 0.3) is 11.4 Å². The van der Waals surface area contributed by atoms with Crippen molar-refractivity contribution < 1.29 is 4.79 Å². The minimum atomic E-state index is -0.131. The minimum absolute atomic E-state index is 0.131. The van der Waals surface area contributed by atoms with Crippen LogP contribution < -0.4 is 5.32 Å². The SMILES string of the molecule is Cn1c(SCC(=O)Nc2nnc(C3CCCCC3)s2)nnc1-c1cccc(Cl)c1. The van der Waals surface area contributed by atoms with Gasteiger partial charge in [-0.1, -0.05) is 66.1 Å². The highest BCUT2D eigenvalue weighted by Gasteiger charge is 2.20. The molecule has 0 spiro atoms. The first-order valence-corrected chi connectivity index (χ1v) is 11.7. The van der Waals surface area contributed by atoms with Crippen LogP contribution in [-0.4, -0.2) is 36.6 Å². The number of nitrogens with zero attached hydrogens (tertiary/aromatic N) is 5. The second-order valence-corrected chi connectivity index (χ2v) is 9.38. The smallest absolute Gasteiger partial charge is 0.236 e. The Kier molecular flexibility index (Phi) is 6.46. The molecule has 29 heavy (non-hydrogen) atoms. The summed E-state index contributed by atoms with van der Waals surface area (Å²) < 4.78 is 1.86. The summed E-state index contributed by atoms with van der Waals surface area (Å²) in [6, 6.07) is 7.45. The third-order valence-electron chi connectivity index (χ3n) is 4.89. The number of thioether (sulfide) groups is 1. The molecule has 0 radical (unpaired) electrons. The van der Waals surface area contributed by atoms with Crippen molar-refractivity contribution in [2.75, 3.05) is 11.1 Å². The van der Waals surface area contributed by atoms with Gasteiger partial charge in [-0.15, -0.1) is 20.4 Å². The van der Waals surface area contributed by atoms with Crippen molar-refractivity contribution in [3.63, 3.8) is 0 Å².